The molecule has 0 fully saturated rings. The lowest BCUT2D eigenvalue weighted by molar-refractivity contribution is -0.141. The van der Waals surface area contributed by atoms with Crippen LogP contribution in [0.1, 0.15) is 16.1 Å². The van der Waals surface area contributed by atoms with Crippen LogP contribution in [0.15, 0.2) is 36.4 Å². The number of amides is 1. The molecule has 1 aromatic heterocycles. The summed E-state index contributed by atoms with van der Waals surface area (Å²) in [6.07, 6.45) is -4.66. The fraction of sp³-hybridized carbons (Fsp3) is 0.0769. The van der Waals surface area contributed by atoms with Gasteiger partial charge < -0.3 is 16.2 Å². The van der Waals surface area contributed by atoms with Crippen LogP contribution in [0.5, 0.6) is 11.6 Å². The maximum atomic E-state index is 12.6. The molecule has 110 valence electrons. The summed E-state index contributed by atoms with van der Waals surface area (Å²) < 4.78 is 43.1. The van der Waals surface area contributed by atoms with E-state index in [-0.39, 0.29) is 11.3 Å². The Kier molecular flexibility index (Phi) is 3.70. The van der Waals surface area contributed by atoms with Gasteiger partial charge in [-0.25, -0.2) is 4.98 Å². The van der Waals surface area contributed by atoms with Crippen molar-refractivity contribution in [2.24, 2.45) is 5.73 Å². The highest BCUT2D eigenvalue weighted by Gasteiger charge is 2.33. The van der Waals surface area contributed by atoms with Crippen molar-refractivity contribution in [3.63, 3.8) is 0 Å². The van der Waals surface area contributed by atoms with Crippen LogP contribution in [0.4, 0.5) is 18.9 Å². The number of nitrogens with zero attached hydrogens (tertiary/aromatic N) is 1. The van der Waals surface area contributed by atoms with Crippen molar-refractivity contribution >= 4 is 11.6 Å². The van der Waals surface area contributed by atoms with Crippen LogP contribution >= 0.6 is 0 Å². The number of aromatic nitrogens is 1. The zero-order valence-electron chi connectivity index (χ0n) is 10.5. The summed E-state index contributed by atoms with van der Waals surface area (Å²) in [4.78, 5) is 14.5. The summed E-state index contributed by atoms with van der Waals surface area (Å²) in [6, 6.07) is 7.53. The Labute approximate surface area is 117 Å². The lowest BCUT2D eigenvalue weighted by Crippen LogP contribution is -2.16. The molecule has 0 bridgehead atoms. The summed E-state index contributed by atoms with van der Waals surface area (Å²) in [5.41, 5.74) is 9.53. The van der Waals surface area contributed by atoms with Crippen molar-refractivity contribution in [1.29, 1.82) is 0 Å². The number of nitrogen functional groups attached to an aromatic ring is 1. The molecule has 0 saturated heterocycles. The number of carbonyl (C=O) groups is 1. The first kappa shape index (κ1) is 14.6. The van der Waals surface area contributed by atoms with E-state index < -0.39 is 23.7 Å². The van der Waals surface area contributed by atoms with Crippen LogP contribution in [-0.4, -0.2) is 10.9 Å². The summed E-state index contributed by atoms with van der Waals surface area (Å²) in [7, 11) is 0. The third-order valence-electron chi connectivity index (χ3n) is 2.49. The predicted molar refractivity (Wildman–Crippen MR) is 68.7 cm³/mol. The second-order valence-corrected chi connectivity index (χ2v) is 4.09. The number of pyridine rings is 1. The standard InChI is InChI=1S/C13H10F3N3O2/c14-13(15,16)10-5-4-9(11(18)20)12(19-10)21-8-3-1-2-7(17)6-8/h1-6H,17H2,(H2,18,20). The molecule has 21 heavy (non-hydrogen) atoms. The number of benzene rings is 1. The van der Waals surface area contributed by atoms with E-state index in [1.807, 2.05) is 0 Å². The van der Waals surface area contributed by atoms with Gasteiger partial charge in [-0.05, 0) is 24.3 Å². The molecular weight excluding hydrogens is 287 g/mol. The summed E-state index contributed by atoms with van der Waals surface area (Å²) in [6.45, 7) is 0. The number of anilines is 1. The molecule has 0 aliphatic rings. The minimum absolute atomic E-state index is 0.143. The lowest BCUT2D eigenvalue weighted by Gasteiger charge is -2.12. The number of nitrogens with two attached hydrogens (primary N) is 2. The summed E-state index contributed by atoms with van der Waals surface area (Å²) in [5.74, 6) is -1.33. The third kappa shape index (κ3) is 3.41. The first-order valence-electron chi connectivity index (χ1n) is 5.69. The van der Waals surface area contributed by atoms with Gasteiger partial charge in [0, 0.05) is 11.8 Å². The highest BCUT2D eigenvalue weighted by molar-refractivity contribution is 5.95. The van der Waals surface area contributed by atoms with Crippen LogP contribution in [0.25, 0.3) is 0 Å². The van der Waals surface area contributed by atoms with Gasteiger partial charge in [0.15, 0.2) is 0 Å². The number of halogens is 3. The molecule has 0 spiro atoms. The van der Waals surface area contributed by atoms with E-state index in [0.717, 1.165) is 6.07 Å². The van der Waals surface area contributed by atoms with Crippen molar-refractivity contribution in [2.45, 2.75) is 6.18 Å². The quantitative estimate of drug-likeness (QED) is 0.852. The molecule has 0 radical (unpaired) electrons. The van der Waals surface area contributed by atoms with Crippen LogP contribution in [0.3, 0.4) is 0 Å². The van der Waals surface area contributed by atoms with Gasteiger partial charge in [0.2, 0.25) is 5.88 Å². The first-order valence-corrected chi connectivity index (χ1v) is 5.69. The maximum Gasteiger partial charge on any atom is 0.433 e. The summed E-state index contributed by atoms with van der Waals surface area (Å²) in [5, 5.41) is 0. The molecule has 1 aromatic carbocycles. The average molecular weight is 297 g/mol. The number of hydrogen-bond donors (Lipinski definition) is 2. The average Bonchev–Trinajstić information content (AvgIpc) is 2.37. The zero-order valence-corrected chi connectivity index (χ0v) is 10.5. The van der Waals surface area contributed by atoms with Crippen LogP contribution in [-0.2, 0) is 6.18 Å². The van der Waals surface area contributed by atoms with Crippen molar-refractivity contribution in [3.8, 4) is 11.6 Å². The molecule has 0 aliphatic heterocycles. The third-order valence-corrected chi connectivity index (χ3v) is 2.49. The van der Waals surface area contributed by atoms with Crippen molar-refractivity contribution < 1.29 is 22.7 Å². The Balaban J connectivity index is 2.46. The fourth-order valence-electron chi connectivity index (χ4n) is 1.55. The number of primary amides is 1. The second-order valence-electron chi connectivity index (χ2n) is 4.09. The van der Waals surface area contributed by atoms with E-state index in [0.29, 0.717) is 11.8 Å². The Morgan fingerprint density at radius 3 is 2.48 bits per heavy atom. The Morgan fingerprint density at radius 1 is 1.19 bits per heavy atom. The SMILES string of the molecule is NC(=O)c1ccc(C(F)(F)F)nc1Oc1cccc(N)c1. The monoisotopic (exact) mass is 297 g/mol. The number of rotatable bonds is 3. The van der Waals surface area contributed by atoms with Crippen LogP contribution in [0.2, 0.25) is 0 Å². The van der Waals surface area contributed by atoms with E-state index in [9.17, 15) is 18.0 Å². The number of alkyl halides is 3. The van der Waals surface area contributed by atoms with Crippen LogP contribution < -0.4 is 16.2 Å². The van der Waals surface area contributed by atoms with Gasteiger partial charge >= 0.3 is 6.18 Å². The predicted octanol–water partition coefficient (Wildman–Crippen LogP) is 2.57. The first-order chi connectivity index (χ1) is 9.77. The van der Waals surface area contributed by atoms with Crippen molar-refractivity contribution in [2.75, 3.05) is 5.73 Å². The molecular formula is C13H10F3N3O2. The molecule has 4 N–H and O–H groups in total. The largest absolute Gasteiger partial charge is 0.438 e. The maximum absolute atomic E-state index is 12.6. The van der Waals surface area contributed by atoms with Gasteiger partial charge in [0.1, 0.15) is 17.0 Å². The Morgan fingerprint density at radius 2 is 1.90 bits per heavy atom. The van der Waals surface area contributed by atoms with Crippen molar-refractivity contribution in [3.05, 3.63) is 47.7 Å². The lowest BCUT2D eigenvalue weighted by atomic mass is 10.2. The van der Waals surface area contributed by atoms with E-state index in [2.05, 4.69) is 4.98 Å². The molecule has 1 heterocycles. The minimum Gasteiger partial charge on any atom is -0.438 e. The minimum atomic E-state index is -4.66. The number of carbonyl (C=O) groups excluding carboxylic acids is 1. The van der Waals surface area contributed by atoms with E-state index in [1.165, 1.54) is 12.1 Å². The van der Waals surface area contributed by atoms with Gasteiger partial charge in [0.25, 0.3) is 5.91 Å². The zero-order chi connectivity index (χ0) is 15.6. The highest BCUT2D eigenvalue weighted by atomic mass is 19.4. The van der Waals surface area contributed by atoms with Crippen LogP contribution in [0, 0.1) is 0 Å². The van der Waals surface area contributed by atoms with Gasteiger partial charge in [0.05, 0.1) is 0 Å². The fourth-order valence-corrected chi connectivity index (χ4v) is 1.55. The molecule has 1 amide bonds. The Hall–Kier alpha value is -2.77. The van der Waals surface area contributed by atoms with Gasteiger partial charge in [-0.1, -0.05) is 6.07 Å². The topological polar surface area (TPSA) is 91.2 Å². The van der Waals surface area contributed by atoms with Crippen molar-refractivity contribution in [1.82, 2.24) is 4.98 Å². The number of ether oxygens (including phenoxy) is 1. The van der Waals surface area contributed by atoms with E-state index in [1.54, 1.807) is 12.1 Å². The smallest absolute Gasteiger partial charge is 0.433 e. The molecule has 0 saturated carbocycles. The normalized spacial score (nSPS) is 11.2. The molecule has 5 nitrogen and oxygen atoms in total. The molecule has 0 atom stereocenters. The van der Waals surface area contributed by atoms with Gasteiger partial charge in [-0.15, -0.1) is 0 Å². The molecule has 2 rings (SSSR count). The molecule has 8 heteroatoms. The van der Waals surface area contributed by atoms with E-state index >= 15 is 0 Å². The molecule has 0 unspecified atom stereocenters. The number of hydrogen-bond acceptors (Lipinski definition) is 4. The van der Waals surface area contributed by atoms with E-state index in [4.69, 9.17) is 16.2 Å². The van der Waals surface area contributed by atoms with Gasteiger partial charge in [-0.2, -0.15) is 13.2 Å². The van der Waals surface area contributed by atoms with Gasteiger partial charge in [-0.3, -0.25) is 4.79 Å². The second kappa shape index (κ2) is 5.31. The molecule has 0 aliphatic carbocycles. The summed E-state index contributed by atoms with van der Waals surface area (Å²) >= 11 is 0. The Bertz CT molecular complexity index is 687. The molecule has 2 aromatic rings. The highest BCUT2D eigenvalue weighted by Crippen LogP contribution is 2.32.